The van der Waals surface area contributed by atoms with Gasteiger partial charge in [-0.05, 0) is 43.2 Å². The lowest BCUT2D eigenvalue weighted by atomic mass is 10.1. The molecular weight excluding hydrogens is 238 g/mol. The lowest BCUT2D eigenvalue weighted by Gasteiger charge is -2.17. The number of likely N-dealkylation sites (N-methyl/N-ethyl adjacent to an activating group) is 1. The van der Waals surface area contributed by atoms with Crippen molar-refractivity contribution in [3.8, 4) is 0 Å². The molecule has 0 spiro atoms. The highest BCUT2D eigenvalue weighted by molar-refractivity contribution is 5.94. The quantitative estimate of drug-likeness (QED) is 0.840. The van der Waals surface area contributed by atoms with Gasteiger partial charge in [0.25, 0.3) is 5.91 Å². The van der Waals surface area contributed by atoms with Crippen LogP contribution in [-0.4, -0.2) is 34.4 Å². The van der Waals surface area contributed by atoms with Crippen molar-refractivity contribution in [1.29, 1.82) is 0 Å². The number of hydrogen-bond donors (Lipinski definition) is 0. The number of nitrogens with zero attached hydrogens (tertiary/aromatic N) is 3. The van der Waals surface area contributed by atoms with Crippen LogP contribution in [0, 0.1) is 6.92 Å². The number of aryl methyl sites for hydroxylation is 1. The molecule has 2 rings (SSSR count). The van der Waals surface area contributed by atoms with Gasteiger partial charge >= 0.3 is 0 Å². The Morgan fingerprint density at radius 2 is 1.95 bits per heavy atom. The molecule has 4 heteroatoms. The van der Waals surface area contributed by atoms with Gasteiger partial charge in [0.15, 0.2) is 0 Å². The summed E-state index contributed by atoms with van der Waals surface area (Å²) in [5, 5.41) is 0. The van der Waals surface area contributed by atoms with E-state index in [0.29, 0.717) is 12.1 Å². The number of pyridine rings is 2. The van der Waals surface area contributed by atoms with Crippen LogP contribution in [0.25, 0.3) is 0 Å². The zero-order valence-corrected chi connectivity index (χ0v) is 11.2. The van der Waals surface area contributed by atoms with Gasteiger partial charge in [0, 0.05) is 37.9 Å². The Kier molecular flexibility index (Phi) is 4.23. The summed E-state index contributed by atoms with van der Waals surface area (Å²) in [7, 11) is 1.82. The van der Waals surface area contributed by atoms with Crippen LogP contribution < -0.4 is 0 Å². The van der Waals surface area contributed by atoms with Crippen LogP contribution in [0.1, 0.15) is 21.6 Å². The molecular formula is C15H17N3O. The van der Waals surface area contributed by atoms with Crippen molar-refractivity contribution in [1.82, 2.24) is 14.9 Å². The SMILES string of the molecule is Cc1ncccc1C(=O)N(C)CCc1ccncc1. The molecule has 2 heterocycles. The van der Waals surface area contributed by atoms with Crippen molar-refractivity contribution < 1.29 is 4.79 Å². The van der Waals surface area contributed by atoms with E-state index in [0.717, 1.165) is 12.1 Å². The maximum atomic E-state index is 12.3. The van der Waals surface area contributed by atoms with Crippen LogP contribution in [0.5, 0.6) is 0 Å². The minimum atomic E-state index is 0.0136. The monoisotopic (exact) mass is 255 g/mol. The first-order valence-electron chi connectivity index (χ1n) is 6.24. The Hall–Kier alpha value is -2.23. The highest BCUT2D eigenvalue weighted by atomic mass is 16.2. The smallest absolute Gasteiger partial charge is 0.255 e. The standard InChI is InChI=1S/C15H17N3O/c1-12-14(4-3-8-17-12)15(19)18(2)11-7-13-5-9-16-10-6-13/h3-6,8-10H,7,11H2,1-2H3. The number of aromatic nitrogens is 2. The second-order valence-electron chi connectivity index (χ2n) is 4.47. The number of carbonyl (C=O) groups is 1. The van der Waals surface area contributed by atoms with Crippen LogP contribution in [-0.2, 0) is 6.42 Å². The highest BCUT2D eigenvalue weighted by Crippen LogP contribution is 2.08. The Balaban J connectivity index is 1.99. The van der Waals surface area contributed by atoms with Gasteiger partial charge in [-0.25, -0.2) is 0 Å². The fourth-order valence-corrected chi connectivity index (χ4v) is 1.86. The Labute approximate surface area is 113 Å². The van der Waals surface area contributed by atoms with E-state index in [1.165, 1.54) is 5.56 Å². The van der Waals surface area contributed by atoms with Crippen molar-refractivity contribution in [2.75, 3.05) is 13.6 Å². The van der Waals surface area contributed by atoms with E-state index in [1.807, 2.05) is 32.2 Å². The van der Waals surface area contributed by atoms with Gasteiger partial charge in [0.05, 0.1) is 5.56 Å². The average Bonchev–Trinajstić information content (AvgIpc) is 2.45. The average molecular weight is 255 g/mol. The molecule has 0 aliphatic carbocycles. The van der Waals surface area contributed by atoms with Gasteiger partial charge in [-0.1, -0.05) is 0 Å². The van der Waals surface area contributed by atoms with E-state index in [-0.39, 0.29) is 5.91 Å². The predicted molar refractivity (Wildman–Crippen MR) is 73.9 cm³/mol. The molecule has 0 atom stereocenters. The Bertz CT molecular complexity index is 554. The summed E-state index contributed by atoms with van der Waals surface area (Å²) in [6.07, 6.45) is 6.05. The zero-order valence-electron chi connectivity index (χ0n) is 11.2. The summed E-state index contributed by atoms with van der Waals surface area (Å²) < 4.78 is 0. The third kappa shape index (κ3) is 3.37. The first kappa shape index (κ1) is 13.2. The van der Waals surface area contributed by atoms with Crippen LogP contribution in [0.2, 0.25) is 0 Å². The zero-order chi connectivity index (χ0) is 13.7. The van der Waals surface area contributed by atoms with Crippen molar-refractivity contribution in [2.45, 2.75) is 13.3 Å². The molecule has 0 unspecified atom stereocenters. The second-order valence-corrected chi connectivity index (χ2v) is 4.47. The van der Waals surface area contributed by atoms with Crippen molar-refractivity contribution in [3.63, 3.8) is 0 Å². The minimum absolute atomic E-state index is 0.0136. The molecule has 19 heavy (non-hydrogen) atoms. The summed E-state index contributed by atoms with van der Waals surface area (Å²) >= 11 is 0. The molecule has 0 aromatic carbocycles. The van der Waals surface area contributed by atoms with E-state index in [9.17, 15) is 4.79 Å². The lowest BCUT2D eigenvalue weighted by Crippen LogP contribution is -2.29. The molecule has 1 amide bonds. The molecule has 0 N–H and O–H groups in total. The normalized spacial score (nSPS) is 10.2. The van der Waals surface area contributed by atoms with Crippen LogP contribution in [0.3, 0.4) is 0 Å². The molecule has 0 saturated carbocycles. The molecule has 2 aromatic heterocycles. The number of amides is 1. The van der Waals surface area contributed by atoms with Crippen molar-refractivity contribution in [3.05, 3.63) is 59.7 Å². The van der Waals surface area contributed by atoms with Gasteiger partial charge in [-0.15, -0.1) is 0 Å². The number of hydrogen-bond acceptors (Lipinski definition) is 3. The molecule has 0 saturated heterocycles. The van der Waals surface area contributed by atoms with Gasteiger partial charge in [-0.3, -0.25) is 14.8 Å². The topological polar surface area (TPSA) is 46.1 Å². The maximum absolute atomic E-state index is 12.3. The molecule has 4 nitrogen and oxygen atoms in total. The summed E-state index contributed by atoms with van der Waals surface area (Å²) in [5.74, 6) is 0.0136. The number of rotatable bonds is 4. The first-order valence-corrected chi connectivity index (χ1v) is 6.24. The molecule has 0 radical (unpaired) electrons. The maximum Gasteiger partial charge on any atom is 0.255 e. The highest BCUT2D eigenvalue weighted by Gasteiger charge is 2.13. The van der Waals surface area contributed by atoms with Crippen molar-refractivity contribution in [2.24, 2.45) is 0 Å². The lowest BCUT2D eigenvalue weighted by molar-refractivity contribution is 0.0795. The largest absolute Gasteiger partial charge is 0.341 e. The van der Waals surface area contributed by atoms with Crippen LogP contribution >= 0.6 is 0 Å². The summed E-state index contributed by atoms with van der Waals surface area (Å²) in [5.41, 5.74) is 2.61. The Morgan fingerprint density at radius 1 is 1.21 bits per heavy atom. The van der Waals surface area contributed by atoms with Gasteiger partial charge < -0.3 is 4.90 Å². The van der Waals surface area contributed by atoms with Gasteiger partial charge in [-0.2, -0.15) is 0 Å². The van der Waals surface area contributed by atoms with Crippen molar-refractivity contribution >= 4 is 5.91 Å². The third-order valence-electron chi connectivity index (χ3n) is 3.07. The van der Waals surface area contributed by atoms with Gasteiger partial charge in [0.1, 0.15) is 0 Å². The molecule has 0 fully saturated rings. The minimum Gasteiger partial charge on any atom is -0.341 e. The third-order valence-corrected chi connectivity index (χ3v) is 3.07. The Morgan fingerprint density at radius 3 is 2.63 bits per heavy atom. The molecule has 0 aliphatic heterocycles. The van der Waals surface area contributed by atoms with E-state index >= 15 is 0 Å². The molecule has 98 valence electrons. The fourth-order valence-electron chi connectivity index (χ4n) is 1.86. The predicted octanol–water partition coefficient (Wildman–Crippen LogP) is 2.10. The summed E-state index contributed by atoms with van der Waals surface area (Å²) in [6.45, 7) is 2.53. The van der Waals surface area contributed by atoms with E-state index < -0.39 is 0 Å². The first-order chi connectivity index (χ1) is 9.18. The fraction of sp³-hybridized carbons (Fsp3) is 0.267. The summed E-state index contributed by atoms with van der Waals surface area (Å²) in [6, 6.07) is 7.53. The molecule has 2 aromatic rings. The van der Waals surface area contributed by atoms with E-state index in [4.69, 9.17) is 0 Å². The van der Waals surface area contributed by atoms with E-state index in [2.05, 4.69) is 9.97 Å². The van der Waals surface area contributed by atoms with Gasteiger partial charge in [0.2, 0.25) is 0 Å². The van der Waals surface area contributed by atoms with E-state index in [1.54, 1.807) is 29.6 Å². The molecule has 0 aliphatic rings. The number of carbonyl (C=O) groups excluding carboxylic acids is 1. The van der Waals surface area contributed by atoms with Crippen LogP contribution in [0.4, 0.5) is 0 Å². The molecule has 0 bridgehead atoms. The second kappa shape index (κ2) is 6.09. The summed E-state index contributed by atoms with van der Waals surface area (Å²) in [4.78, 5) is 22.1. The van der Waals surface area contributed by atoms with Crippen LogP contribution in [0.15, 0.2) is 42.9 Å².